The van der Waals surface area contributed by atoms with E-state index in [1.54, 1.807) is 13.8 Å². The average molecular weight is 297 g/mol. The molecule has 0 radical (unpaired) electrons. The number of hydrogen-bond donors (Lipinski definition) is 3. The number of carboxylic acids is 1. The lowest BCUT2D eigenvalue weighted by Crippen LogP contribution is -2.42. The molecule has 1 rings (SSSR count). The maximum atomic E-state index is 12.0. The van der Waals surface area contributed by atoms with Crippen LogP contribution in [0.5, 0.6) is 0 Å². The van der Waals surface area contributed by atoms with Gasteiger partial charge in [-0.25, -0.2) is 4.79 Å². The monoisotopic (exact) mass is 297 g/mol. The number of rotatable bonds is 7. The van der Waals surface area contributed by atoms with E-state index < -0.39 is 12.0 Å². The number of carbonyl (C=O) groups excluding carboxylic acids is 2. The SMILES string of the molecule is CCNC(=O)CN(CC)C(=O)Nc1cnn(CC(=O)O)c1. The maximum Gasteiger partial charge on any atom is 0.325 e. The van der Waals surface area contributed by atoms with Crippen LogP contribution < -0.4 is 10.6 Å². The fourth-order valence-corrected chi connectivity index (χ4v) is 1.61. The van der Waals surface area contributed by atoms with Gasteiger partial charge in [-0.2, -0.15) is 5.10 Å². The van der Waals surface area contributed by atoms with Crippen molar-refractivity contribution in [2.24, 2.45) is 0 Å². The molecule has 21 heavy (non-hydrogen) atoms. The number of hydrogen-bond acceptors (Lipinski definition) is 4. The second-order valence-electron chi connectivity index (χ2n) is 4.22. The van der Waals surface area contributed by atoms with Gasteiger partial charge in [0.25, 0.3) is 0 Å². The Bertz CT molecular complexity index is 514. The van der Waals surface area contributed by atoms with Gasteiger partial charge in [-0.05, 0) is 13.8 Å². The van der Waals surface area contributed by atoms with E-state index in [0.717, 1.165) is 0 Å². The fraction of sp³-hybridized carbons (Fsp3) is 0.500. The number of anilines is 1. The van der Waals surface area contributed by atoms with E-state index in [9.17, 15) is 14.4 Å². The van der Waals surface area contributed by atoms with Gasteiger partial charge in [-0.1, -0.05) is 0 Å². The third-order valence-corrected chi connectivity index (χ3v) is 2.56. The van der Waals surface area contributed by atoms with Crippen molar-refractivity contribution in [2.75, 3.05) is 25.0 Å². The molecule has 1 aromatic rings. The molecular weight excluding hydrogens is 278 g/mol. The summed E-state index contributed by atoms with van der Waals surface area (Å²) in [6, 6.07) is -0.446. The molecule has 116 valence electrons. The van der Waals surface area contributed by atoms with Gasteiger partial charge in [-0.15, -0.1) is 0 Å². The summed E-state index contributed by atoms with van der Waals surface area (Å²) in [5.74, 6) is -1.27. The van der Waals surface area contributed by atoms with E-state index in [1.807, 2.05) is 0 Å². The Morgan fingerprint density at radius 2 is 2.10 bits per heavy atom. The van der Waals surface area contributed by atoms with Gasteiger partial charge in [0.2, 0.25) is 5.91 Å². The first-order chi connectivity index (χ1) is 9.96. The van der Waals surface area contributed by atoms with E-state index in [0.29, 0.717) is 18.8 Å². The minimum absolute atomic E-state index is 0.0422. The van der Waals surface area contributed by atoms with Crippen molar-refractivity contribution in [1.29, 1.82) is 0 Å². The minimum Gasteiger partial charge on any atom is -0.480 e. The third-order valence-electron chi connectivity index (χ3n) is 2.56. The summed E-state index contributed by atoms with van der Waals surface area (Å²) < 4.78 is 1.19. The number of aromatic nitrogens is 2. The number of carboxylic acid groups (broad SMARTS) is 1. The van der Waals surface area contributed by atoms with Crippen LogP contribution in [0.4, 0.5) is 10.5 Å². The Labute approximate surface area is 121 Å². The van der Waals surface area contributed by atoms with Crippen molar-refractivity contribution in [3.63, 3.8) is 0 Å². The summed E-state index contributed by atoms with van der Waals surface area (Å²) in [5, 5.41) is 17.6. The average Bonchev–Trinajstić information content (AvgIpc) is 2.82. The summed E-state index contributed by atoms with van der Waals surface area (Å²) in [6.45, 7) is 4.09. The Hall–Kier alpha value is -2.58. The van der Waals surface area contributed by atoms with Crippen LogP contribution in [-0.4, -0.2) is 57.3 Å². The molecule has 3 N–H and O–H groups in total. The van der Waals surface area contributed by atoms with E-state index in [-0.39, 0.29) is 19.0 Å². The highest BCUT2D eigenvalue weighted by Crippen LogP contribution is 2.06. The summed E-state index contributed by atoms with van der Waals surface area (Å²) in [7, 11) is 0. The summed E-state index contributed by atoms with van der Waals surface area (Å²) in [6.07, 6.45) is 2.76. The second-order valence-corrected chi connectivity index (χ2v) is 4.22. The first kappa shape index (κ1) is 16.5. The number of likely N-dealkylation sites (N-methyl/N-ethyl adjacent to an activating group) is 2. The highest BCUT2D eigenvalue weighted by molar-refractivity contribution is 5.92. The van der Waals surface area contributed by atoms with Crippen molar-refractivity contribution < 1.29 is 19.5 Å². The lowest BCUT2D eigenvalue weighted by Gasteiger charge is -2.20. The Morgan fingerprint density at radius 3 is 2.67 bits per heavy atom. The predicted molar refractivity (Wildman–Crippen MR) is 74.8 cm³/mol. The molecule has 3 amide bonds. The third kappa shape index (κ3) is 5.51. The lowest BCUT2D eigenvalue weighted by molar-refractivity contribution is -0.137. The molecule has 0 bridgehead atoms. The smallest absolute Gasteiger partial charge is 0.325 e. The number of nitrogens with zero attached hydrogens (tertiary/aromatic N) is 3. The van der Waals surface area contributed by atoms with Crippen molar-refractivity contribution in [2.45, 2.75) is 20.4 Å². The van der Waals surface area contributed by atoms with Gasteiger partial charge < -0.3 is 20.6 Å². The highest BCUT2D eigenvalue weighted by atomic mass is 16.4. The maximum absolute atomic E-state index is 12.0. The first-order valence-electron chi connectivity index (χ1n) is 6.53. The molecule has 9 nitrogen and oxygen atoms in total. The van der Waals surface area contributed by atoms with Gasteiger partial charge in [0.15, 0.2) is 0 Å². The Morgan fingerprint density at radius 1 is 1.38 bits per heavy atom. The predicted octanol–water partition coefficient (Wildman–Crippen LogP) is -0.0424. The zero-order chi connectivity index (χ0) is 15.8. The van der Waals surface area contributed by atoms with E-state index in [4.69, 9.17) is 5.11 Å². The molecule has 0 aliphatic heterocycles. The Balaban J connectivity index is 2.59. The molecule has 0 saturated carbocycles. The number of nitrogens with one attached hydrogen (secondary N) is 2. The van der Waals surface area contributed by atoms with Crippen molar-refractivity contribution in [3.05, 3.63) is 12.4 Å². The molecule has 0 aliphatic rings. The van der Waals surface area contributed by atoms with Crippen LogP contribution in [0.2, 0.25) is 0 Å². The summed E-state index contributed by atoms with van der Waals surface area (Å²) in [4.78, 5) is 35.3. The quantitative estimate of drug-likeness (QED) is 0.653. The molecule has 0 aliphatic carbocycles. The minimum atomic E-state index is -1.03. The van der Waals surface area contributed by atoms with Crippen LogP contribution in [0.25, 0.3) is 0 Å². The van der Waals surface area contributed by atoms with Crippen LogP contribution in [0, 0.1) is 0 Å². The van der Waals surface area contributed by atoms with Crippen LogP contribution in [0.15, 0.2) is 12.4 Å². The van der Waals surface area contributed by atoms with E-state index in [1.165, 1.54) is 22.0 Å². The largest absolute Gasteiger partial charge is 0.480 e. The number of carbonyl (C=O) groups is 3. The van der Waals surface area contributed by atoms with E-state index >= 15 is 0 Å². The van der Waals surface area contributed by atoms with Crippen LogP contribution in [-0.2, 0) is 16.1 Å². The van der Waals surface area contributed by atoms with E-state index in [2.05, 4.69) is 15.7 Å². The second kappa shape index (κ2) is 7.88. The molecule has 0 spiro atoms. The molecule has 0 unspecified atom stereocenters. The molecule has 1 aromatic heterocycles. The van der Waals surface area contributed by atoms with Gasteiger partial charge in [0.05, 0.1) is 11.9 Å². The summed E-state index contributed by atoms with van der Waals surface area (Å²) in [5.41, 5.74) is 0.371. The number of urea groups is 1. The topological polar surface area (TPSA) is 117 Å². The first-order valence-corrected chi connectivity index (χ1v) is 6.53. The molecule has 9 heteroatoms. The van der Waals surface area contributed by atoms with Gasteiger partial charge in [-0.3, -0.25) is 14.3 Å². The van der Waals surface area contributed by atoms with Crippen LogP contribution >= 0.6 is 0 Å². The zero-order valence-electron chi connectivity index (χ0n) is 12.0. The molecule has 0 aromatic carbocycles. The normalized spacial score (nSPS) is 10.0. The number of aliphatic carboxylic acids is 1. The highest BCUT2D eigenvalue weighted by Gasteiger charge is 2.16. The van der Waals surface area contributed by atoms with Crippen LogP contribution in [0.3, 0.4) is 0 Å². The summed E-state index contributed by atoms with van der Waals surface area (Å²) >= 11 is 0. The molecular formula is C12H19N5O4. The lowest BCUT2D eigenvalue weighted by atomic mass is 10.4. The van der Waals surface area contributed by atoms with Gasteiger partial charge >= 0.3 is 12.0 Å². The standard InChI is InChI=1S/C12H19N5O4/c1-3-13-10(18)7-16(4-2)12(21)15-9-5-14-17(6-9)8-11(19)20/h5-6H,3-4,7-8H2,1-2H3,(H,13,18)(H,15,21)(H,19,20). The van der Waals surface area contributed by atoms with Crippen molar-refractivity contribution >= 4 is 23.6 Å². The Kier molecular flexibility index (Phi) is 6.18. The molecule has 0 fully saturated rings. The molecule has 0 atom stereocenters. The van der Waals surface area contributed by atoms with Gasteiger partial charge in [0, 0.05) is 19.3 Å². The number of amides is 3. The molecule has 0 saturated heterocycles. The van der Waals surface area contributed by atoms with Crippen molar-refractivity contribution in [3.8, 4) is 0 Å². The fourth-order valence-electron chi connectivity index (χ4n) is 1.61. The van der Waals surface area contributed by atoms with Crippen LogP contribution in [0.1, 0.15) is 13.8 Å². The van der Waals surface area contributed by atoms with Crippen molar-refractivity contribution in [1.82, 2.24) is 20.0 Å². The van der Waals surface area contributed by atoms with Gasteiger partial charge in [0.1, 0.15) is 13.1 Å². The molecule has 1 heterocycles. The zero-order valence-corrected chi connectivity index (χ0v) is 12.0.